The van der Waals surface area contributed by atoms with E-state index in [1.807, 2.05) is 52.0 Å². The minimum Gasteiger partial charge on any atom is -0.342 e. The maximum atomic E-state index is 13.0. The zero-order chi connectivity index (χ0) is 20.3. The van der Waals surface area contributed by atoms with Crippen LogP contribution in [0.1, 0.15) is 53.0 Å². The Morgan fingerprint density at radius 3 is 2.11 bits per heavy atom. The van der Waals surface area contributed by atoms with Crippen LogP contribution in [0.2, 0.25) is 0 Å². The van der Waals surface area contributed by atoms with Gasteiger partial charge in [-0.25, -0.2) is 0 Å². The Hall–Kier alpha value is -1.51. The summed E-state index contributed by atoms with van der Waals surface area (Å²) in [5.41, 5.74) is 1.92. The monoisotopic (exact) mass is 391 g/mol. The number of carbonyl (C=O) groups excluding carboxylic acids is 1. The van der Waals surface area contributed by atoms with Crippen molar-refractivity contribution in [1.29, 1.82) is 0 Å². The first-order chi connectivity index (χ1) is 13.0. The van der Waals surface area contributed by atoms with E-state index in [0.29, 0.717) is 11.6 Å². The quantitative estimate of drug-likeness (QED) is 0.853. The summed E-state index contributed by atoms with van der Waals surface area (Å²) < 4.78 is 29.8. The fourth-order valence-electron chi connectivity index (χ4n) is 3.99. The lowest BCUT2D eigenvalue weighted by Gasteiger charge is -2.36. The normalized spacial score (nSPS) is 35.5. The molecule has 5 atom stereocenters. The second kappa shape index (κ2) is 6.78. The molecule has 0 spiro atoms. The predicted molar refractivity (Wildman–Crippen MR) is 102 cm³/mol. The Labute approximate surface area is 165 Å². The summed E-state index contributed by atoms with van der Waals surface area (Å²) in [6.45, 7) is 11.5. The van der Waals surface area contributed by atoms with Gasteiger partial charge in [0.25, 0.3) is 5.91 Å². The largest absolute Gasteiger partial charge is 0.342 e. The fourth-order valence-corrected chi connectivity index (χ4v) is 3.99. The third-order valence-corrected chi connectivity index (χ3v) is 5.26. The van der Waals surface area contributed by atoms with Gasteiger partial charge in [-0.15, -0.1) is 0 Å². The van der Waals surface area contributed by atoms with Crippen LogP contribution in [-0.4, -0.2) is 48.2 Å². The van der Waals surface area contributed by atoms with E-state index in [0.717, 1.165) is 0 Å². The van der Waals surface area contributed by atoms with Gasteiger partial charge < -0.3 is 29.0 Å². The van der Waals surface area contributed by atoms with E-state index in [2.05, 4.69) is 19.2 Å². The number of anilines is 1. The van der Waals surface area contributed by atoms with Crippen LogP contribution in [-0.2, 0) is 28.5 Å². The molecule has 1 aromatic rings. The fraction of sp³-hybridized carbons (Fsp3) is 0.667. The molecule has 0 saturated carbocycles. The van der Waals surface area contributed by atoms with Gasteiger partial charge in [0.2, 0.25) is 0 Å². The molecule has 3 heterocycles. The summed E-state index contributed by atoms with van der Waals surface area (Å²) in [5.74, 6) is -1.51. The van der Waals surface area contributed by atoms with E-state index in [1.54, 1.807) is 0 Å². The van der Waals surface area contributed by atoms with Gasteiger partial charge in [0, 0.05) is 5.69 Å². The second-order valence-corrected chi connectivity index (χ2v) is 8.86. The van der Waals surface area contributed by atoms with Gasteiger partial charge in [-0.3, -0.25) is 4.79 Å². The van der Waals surface area contributed by atoms with Crippen molar-refractivity contribution in [3.8, 4) is 0 Å². The van der Waals surface area contributed by atoms with Gasteiger partial charge in [-0.2, -0.15) is 0 Å². The van der Waals surface area contributed by atoms with Gasteiger partial charge in [0.05, 0.1) is 0 Å². The molecule has 7 nitrogen and oxygen atoms in total. The molecule has 0 radical (unpaired) electrons. The lowest BCUT2D eigenvalue weighted by atomic mass is 9.98. The number of amides is 1. The highest BCUT2D eigenvalue weighted by atomic mass is 16.9. The average molecular weight is 391 g/mol. The summed E-state index contributed by atoms with van der Waals surface area (Å²) in [7, 11) is 0. The van der Waals surface area contributed by atoms with Crippen molar-refractivity contribution in [1.82, 2.24) is 0 Å². The van der Waals surface area contributed by atoms with Crippen LogP contribution in [0.25, 0.3) is 0 Å². The highest BCUT2D eigenvalue weighted by Crippen LogP contribution is 2.44. The number of ether oxygens (including phenoxy) is 5. The SMILES string of the molecule is CC(C)c1ccc(NC(=O)[C@@H]2O[C@@H]3OC(C)(C)O[C@@H]3[C@H]3OC(C)(C)O[C@H]32)cc1. The number of benzene rings is 1. The van der Waals surface area contributed by atoms with Gasteiger partial charge in [-0.05, 0) is 51.3 Å². The van der Waals surface area contributed by atoms with Gasteiger partial charge in [-0.1, -0.05) is 26.0 Å². The number of nitrogens with one attached hydrogen (secondary N) is 1. The van der Waals surface area contributed by atoms with Crippen LogP contribution in [0.15, 0.2) is 24.3 Å². The lowest BCUT2D eigenvalue weighted by Crippen LogP contribution is -2.58. The first-order valence-corrected chi connectivity index (χ1v) is 9.82. The second-order valence-electron chi connectivity index (χ2n) is 8.86. The topological polar surface area (TPSA) is 75.3 Å². The predicted octanol–water partition coefficient (Wildman–Crippen LogP) is 3.15. The number of hydrogen-bond donors (Lipinski definition) is 1. The van der Waals surface area contributed by atoms with Crippen molar-refractivity contribution in [2.24, 2.45) is 0 Å². The lowest BCUT2D eigenvalue weighted by molar-refractivity contribution is -0.229. The Bertz CT molecular complexity index is 744. The van der Waals surface area contributed by atoms with Crippen LogP contribution in [0.4, 0.5) is 5.69 Å². The Kier molecular flexibility index (Phi) is 4.79. The molecule has 0 aromatic heterocycles. The molecule has 3 fully saturated rings. The molecule has 0 bridgehead atoms. The number of rotatable bonds is 3. The van der Waals surface area contributed by atoms with Crippen molar-refractivity contribution in [2.75, 3.05) is 5.32 Å². The van der Waals surface area contributed by atoms with Crippen LogP contribution in [0.5, 0.6) is 0 Å². The molecular formula is C21H29NO6. The molecule has 7 heteroatoms. The van der Waals surface area contributed by atoms with E-state index >= 15 is 0 Å². The number of hydrogen-bond acceptors (Lipinski definition) is 6. The highest BCUT2D eigenvalue weighted by molar-refractivity contribution is 5.94. The minimum absolute atomic E-state index is 0.291. The summed E-state index contributed by atoms with van der Waals surface area (Å²) in [5, 5.41) is 2.92. The summed E-state index contributed by atoms with van der Waals surface area (Å²) in [6.07, 6.45) is -3.03. The Morgan fingerprint density at radius 2 is 1.46 bits per heavy atom. The summed E-state index contributed by atoms with van der Waals surface area (Å²) in [6, 6.07) is 7.81. The Balaban J connectivity index is 1.53. The first kappa shape index (κ1) is 19.8. The van der Waals surface area contributed by atoms with E-state index in [4.69, 9.17) is 23.7 Å². The molecule has 3 aliphatic heterocycles. The van der Waals surface area contributed by atoms with Crippen molar-refractivity contribution in [3.05, 3.63) is 29.8 Å². The summed E-state index contributed by atoms with van der Waals surface area (Å²) in [4.78, 5) is 13.0. The molecule has 28 heavy (non-hydrogen) atoms. The highest BCUT2D eigenvalue weighted by Gasteiger charge is 2.62. The zero-order valence-electron chi connectivity index (χ0n) is 17.2. The standard InChI is InChI=1S/C21H29NO6/c1-11(2)12-7-9-13(10-8-12)22-18(23)16-14-15(26-20(3,4)25-14)17-19(24-16)28-21(5,6)27-17/h7-11,14-17,19H,1-6H3,(H,22,23)/t14-,15+,16-,17-,19-/m1/s1. The van der Waals surface area contributed by atoms with Crippen LogP contribution >= 0.6 is 0 Å². The maximum Gasteiger partial charge on any atom is 0.256 e. The molecule has 0 aliphatic carbocycles. The van der Waals surface area contributed by atoms with Crippen molar-refractivity contribution < 1.29 is 28.5 Å². The van der Waals surface area contributed by atoms with Crippen molar-refractivity contribution >= 4 is 11.6 Å². The first-order valence-electron chi connectivity index (χ1n) is 9.82. The molecule has 3 aliphatic rings. The third kappa shape index (κ3) is 3.69. The van der Waals surface area contributed by atoms with E-state index < -0.39 is 42.3 Å². The molecule has 1 N–H and O–H groups in total. The van der Waals surface area contributed by atoms with Crippen molar-refractivity contribution in [3.63, 3.8) is 0 Å². The minimum atomic E-state index is -0.865. The van der Waals surface area contributed by atoms with E-state index in [9.17, 15) is 4.79 Å². The van der Waals surface area contributed by atoms with Crippen LogP contribution in [0, 0.1) is 0 Å². The molecule has 3 saturated heterocycles. The molecule has 154 valence electrons. The Morgan fingerprint density at radius 1 is 0.893 bits per heavy atom. The van der Waals surface area contributed by atoms with Crippen molar-refractivity contribution in [2.45, 2.75) is 89.7 Å². The summed E-state index contributed by atoms with van der Waals surface area (Å²) >= 11 is 0. The molecule has 4 rings (SSSR count). The van der Waals surface area contributed by atoms with E-state index in [1.165, 1.54) is 5.56 Å². The molecular weight excluding hydrogens is 362 g/mol. The molecule has 1 amide bonds. The average Bonchev–Trinajstić information content (AvgIpc) is 3.08. The van der Waals surface area contributed by atoms with Gasteiger partial charge in [0.15, 0.2) is 24.0 Å². The van der Waals surface area contributed by atoms with E-state index in [-0.39, 0.29) is 5.91 Å². The van der Waals surface area contributed by atoms with Gasteiger partial charge >= 0.3 is 0 Å². The molecule has 0 unspecified atom stereocenters. The molecule has 1 aromatic carbocycles. The third-order valence-electron chi connectivity index (χ3n) is 5.26. The maximum absolute atomic E-state index is 13.0. The number of carbonyl (C=O) groups is 1. The van der Waals surface area contributed by atoms with Gasteiger partial charge in [0.1, 0.15) is 18.3 Å². The number of fused-ring (bicyclic) bond motifs is 3. The zero-order valence-corrected chi connectivity index (χ0v) is 17.2. The van der Waals surface area contributed by atoms with Crippen LogP contribution in [0.3, 0.4) is 0 Å². The van der Waals surface area contributed by atoms with Crippen LogP contribution < -0.4 is 5.32 Å². The smallest absolute Gasteiger partial charge is 0.256 e.